The van der Waals surface area contributed by atoms with Gasteiger partial charge in [0.15, 0.2) is 0 Å². The largest absolute Gasteiger partial charge is 0.399 e. The van der Waals surface area contributed by atoms with Crippen LogP contribution in [0.25, 0.3) is 0 Å². The predicted molar refractivity (Wildman–Crippen MR) is 83.0 cm³/mol. The van der Waals surface area contributed by atoms with E-state index >= 15 is 0 Å². The van der Waals surface area contributed by atoms with Gasteiger partial charge in [0.05, 0.1) is 16.3 Å². The van der Waals surface area contributed by atoms with Gasteiger partial charge >= 0.3 is 0 Å². The number of amides is 1. The van der Waals surface area contributed by atoms with E-state index in [1.54, 1.807) is 12.1 Å². The molecule has 0 bridgehead atoms. The van der Waals surface area contributed by atoms with Crippen molar-refractivity contribution in [2.24, 2.45) is 5.73 Å². The van der Waals surface area contributed by atoms with Crippen molar-refractivity contribution < 1.29 is 4.79 Å². The first-order chi connectivity index (χ1) is 8.91. The van der Waals surface area contributed by atoms with Crippen LogP contribution in [0.5, 0.6) is 0 Å². The highest BCUT2D eigenvalue weighted by molar-refractivity contribution is 8.00. The highest BCUT2D eigenvalue weighted by atomic mass is 35.5. The van der Waals surface area contributed by atoms with Gasteiger partial charge in [-0.2, -0.15) is 11.8 Å². The molecule has 0 radical (unpaired) electrons. The minimum Gasteiger partial charge on any atom is -0.399 e. The molecule has 19 heavy (non-hydrogen) atoms. The van der Waals surface area contributed by atoms with Crippen LogP contribution in [0.15, 0.2) is 12.1 Å². The van der Waals surface area contributed by atoms with Crippen LogP contribution in [-0.4, -0.2) is 23.0 Å². The second-order valence-corrected chi connectivity index (χ2v) is 7.13. The predicted octanol–water partition coefficient (Wildman–Crippen LogP) is 2.72. The molecule has 1 saturated heterocycles. The summed E-state index contributed by atoms with van der Waals surface area (Å²) in [4.78, 5) is 11.5. The lowest BCUT2D eigenvalue weighted by Crippen LogP contribution is -2.28. The zero-order valence-corrected chi connectivity index (χ0v) is 12.4. The number of benzene rings is 1. The average Bonchev–Trinajstić information content (AvgIpc) is 2.74. The molecule has 0 aromatic heterocycles. The zero-order valence-electron chi connectivity index (χ0n) is 10.8. The quantitative estimate of drug-likeness (QED) is 0.747. The van der Waals surface area contributed by atoms with Crippen molar-refractivity contribution in [2.75, 3.05) is 23.3 Å². The van der Waals surface area contributed by atoms with Gasteiger partial charge < -0.3 is 16.8 Å². The van der Waals surface area contributed by atoms with E-state index in [1.807, 2.05) is 11.8 Å². The molecule has 1 aromatic rings. The topological polar surface area (TPSA) is 81.1 Å². The van der Waals surface area contributed by atoms with Crippen molar-refractivity contribution in [3.63, 3.8) is 0 Å². The Morgan fingerprint density at radius 1 is 1.58 bits per heavy atom. The number of hydrogen-bond acceptors (Lipinski definition) is 4. The lowest BCUT2D eigenvalue weighted by atomic mass is 10.0. The SMILES string of the molecule is CC1(CNc2c(Cl)cc(N)cc2C(N)=O)CCCS1. The van der Waals surface area contributed by atoms with Crippen molar-refractivity contribution >= 4 is 40.6 Å². The second-order valence-electron chi connectivity index (χ2n) is 5.05. The summed E-state index contributed by atoms with van der Waals surface area (Å²) in [5, 5.41) is 3.69. The summed E-state index contributed by atoms with van der Waals surface area (Å²) in [5.74, 6) is 0.650. The van der Waals surface area contributed by atoms with E-state index < -0.39 is 5.91 Å². The van der Waals surface area contributed by atoms with Crippen LogP contribution in [0, 0.1) is 0 Å². The number of nitrogens with one attached hydrogen (secondary N) is 1. The summed E-state index contributed by atoms with van der Waals surface area (Å²) in [6.07, 6.45) is 2.38. The van der Waals surface area contributed by atoms with Crippen LogP contribution >= 0.6 is 23.4 Å². The number of nitrogens with two attached hydrogens (primary N) is 2. The van der Waals surface area contributed by atoms with Crippen LogP contribution in [0.2, 0.25) is 5.02 Å². The van der Waals surface area contributed by atoms with Crippen molar-refractivity contribution in [2.45, 2.75) is 24.5 Å². The van der Waals surface area contributed by atoms with Gasteiger partial charge in [-0.15, -0.1) is 0 Å². The molecule has 104 valence electrons. The number of thioether (sulfide) groups is 1. The first-order valence-electron chi connectivity index (χ1n) is 6.18. The Kier molecular flexibility index (Phi) is 4.16. The van der Waals surface area contributed by atoms with Gasteiger partial charge in [-0.3, -0.25) is 4.79 Å². The molecular formula is C13H18ClN3OS. The molecule has 0 saturated carbocycles. The van der Waals surface area contributed by atoms with Crippen molar-refractivity contribution in [1.82, 2.24) is 0 Å². The lowest BCUT2D eigenvalue weighted by molar-refractivity contribution is 0.100. The minimum atomic E-state index is -0.527. The van der Waals surface area contributed by atoms with Gasteiger partial charge in [-0.1, -0.05) is 11.6 Å². The van der Waals surface area contributed by atoms with Gasteiger partial charge in [0, 0.05) is 17.0 Å². The maximum atomic E-state index is 11.5. The minimum absolute atomic E-state index is 0.180. The Bertz CT molecular complexity index is 501. The molecule has 1 amide bonds. The third-order valence-electron chi connectivity index (χ3n) is 3.32. The summed E-state index contributed by atoms with van der Waals surface area (Å²) in [7, 11) is 0. The standard InChI is InChI=1S/C13H18ClN3OS/c1-13(3-2-4-19-13)7-17-11-9(12(16)18)5-8(15)6-10(11)14/h5-6,17H,2-4,7,15H2,1H3,(H2,16,18). The van der Waals surface area contributed by atoms with E-state index in [9.17, 15) is 4.79 Å². The number of carbonyl (C=O) groups excluding carboxylic acids is 1. The van der Waals surface area contributed by atoms with E-state index in [1.165, 1.54) is 12.2 Å². The summed E-state index contributed by atoms with van der Waals surface area (Å²) in [6, 6.07) is 3.18. The maximum absolute atomic E-state index is 11.5. The molecule has 0 aliphatic carbocycles. The second kappa shape index (κ2) is 5.51. The highest BCUT2D eigenvalue weighted by Gasteiger charge is 2.29. The van der Waals surface area contributed by atoms with Gasteiger partial charge in [0.2, 0.25) is 0 Å². The van der Waals surface area contributed by atoms with Crippen molar-refractivity contribution in [3.8, 4) is 0 Å². The van der Waals surface area contributed by atoms with Crippen molar-refractivity contribution in [1.29, 1.82) is 0 Å². The third-order valence-corrected chi connectivity index (χ3v) is 5.15. The molecule has 1 heterocycles. The number of rotatable bonds is 4. The van der Waals surface area contributed by atoms with Gasteiger partial charge in [0.1, 0.15) is 0 Å². The fourth-order valence-corrected chi connectivity index (χ4v) is 3.79. The fraction of sp³-hybridized carbons (Fsp3) is 0.462. The molecule has 1 fully saturated rings. The average molecular weight is 300 g/mol. The molecule has 1 aromatic carbocycles. The van der Waals surface area contributed by atoms with Crippen LogP contribution in [-0.2, 0) is 0 Å². The van der Waals surface area contributed by atoms with E-state index in [4.69, 9.17) is 23.1 Å². The Balaban J connectivity index is 2.21. The number of anilines is 2. The number of hydrogen-bond donors (Lipinski definition) is 3. The molecular weight excluding hydrogens is 282 g/mol. The zero-order chi connectivity index (χ0) is 14.0. The van der Waals surface area contributed by atoms with Gasteiger partial charge in [0.25, 0.3) is 5.91 Å². The summed E-state index contributed by atoms with van der Waals surface area (Å²) < 4.78 is 0.180. The smallest absolute Gasteiger partial charge is 0.250 e. The molecule has 1 atom stereocenters. The molecule has 1 unspecified atom stereocenters. The molecule has 0 spiro atoms. The summed E-state index contributed by atoms with van der Waals surface area (Å²) in [6.45, 7) is 2.97. The van der Waals surface area contributed by atoms with Crippen LogP contribution in [0.4, 0.5) is 11.4 Å². The molecule has 1 aliphatic rings. The lowest BCUT2D eigenvalue weighted by Gasteiger charge is -2.24. The van der Waals surface area contributed by atoms with E-state index in [-0.39, 0.29) is 4.75 Å². The Hall–Kier alpha value is -1.07. The van der Waals surface area contributed by atoms with Crippen molar-refractivity contribution in [3.05, 3.63) is 22.7 Å². The van der Waals surface area contributed by atoms with Gasteiger partial charge in [-0.25, -0.2) is 0 Å². The Morgan fingerprint density at radius 3 is 2.89 bits per heavy atom. The maximum Gasteiger partial charge on any atom is 0.250 e. The third kappa shape index (κ3) is 3.28. The number of nitrogen functional groups attached to an aromatic ring is 1. The molecule has 2 rings (SSSR count). The fourth-order valence-electron chi connectivity index (χ4n) is 2.25. The molecule has 1 aliphatic heterocycles. The monoisotopic (exact) mass is 299 g/mol. The van der Waals surface area contributed by atoms with Gasteiger partial charge in [-0.05, 0) is 37.7 Å². The van der Waals surface area contributed by atoms with Crippen LogP contribution < -0.4 is 16.8 Å². The van der Waals surface area contributed by atoms with Crippen LogP contribution in [0.3, 0.4) is 0 Å². The Morgan fingerprint density at radius 2 is 2.32 bits per heavy atom. The summed E-state index contributed by atoms with van der Waals surface area (Å²) >= 11 is 8.09. The molecule has 4 nitrogen and oxygen atoms in total. The molecule has 5 N–H and O–H groups in total. The summed E-state index contributed by atoms with van der Waals surface area (Å²) in [5.41, 5.74) is 12.4. The normalized spacial score (nSPS) is 22.4. The molecule has 6 heteroatoms. The van der Waals surface area contributed by atoms with Crippen LogP contribution in [0.1, 0.15) is 30.1 Å². The van der Waals surface area contributed by atoms with E-state index in [0.717, 1.165) is 13.0 Å². The Labute approximate surface area is 122 Å². The number of halogens is 1. The highest BCUT2D eigenvalue weighted by Crippen LogP contribution is 2.38. The first-order valence-corrected chi connectivity index (χ1v) is 7.54. The van der Waals surface area contributed by atoms with E-state index in [0.29, 0.717) is 22.0 Å². The van der Waals surface area contributed by atoms with E-state index in [2.05, 4.69) is 12.2 Å². The first kappa shape index (κ1) is 14.3. The number of primary amides is 1. The number of carbonyl (C=O) groups is 1.